The van der Waals surface area contributed by atoms with E-state index in [1.54, 1.807) is 24.3 Å². The fraction of sp³-hybridized carbons (Fsp3) is 0.143. The number of benzene rings is 1. The molecule has 1 aromatic carbocycles. The molecule has 5 nitrogen and oxygen atoms in total. The summed E-state index contributed by atoms with van der Waals surface area (Å²) in [4.78, 5) is 4.29. The second-order valence-electron chi connectivity index (χ2n) is 4.30. The maximum absolute atomic E-state index is 8.87. The molecule has 0 unspecified atom stereocenters. The smallest absolute Gasteiger partial charge is 0.230 e. The van der Waals surface area contributed by atoms with Gasteiger partial charge < -0.3 is 15.7 Å². The van der Waals surface area contributed by atoms with Gasteiger partial charge in [-0.1, -0.05) is 16.8 Å². The highest BCUT2D eigenvalue weighted by atomic mass is 35.5. The van der Waals surface area contributed by atoms with Gasteiger partial charge in [0.15, 0.2) is 5.84 Å². The van der Waals surface area contributed by atoms with Gasteiger partial charge in [0.1, 0.15) is 5.75 Å². The first-order chi connectivity index (χ1) is 9.51. The van der Waals surface area contributed by atoms with Crippen molar-refractivity contribution in [1.82, 2.24) is 4.98 Å². The van der Waals surface area contributed by atoms with Crippen LogP contribution in [0.1, 0.15) is 16.8 Å². The summed E-state index contributed by atoms with van der Waals surface area (Å²) in [5.41, 5.74) is 7.74. The first-order valence-electron chi connectivity index (χ1n) is 5.91. The molecule has 0 aliphatic carbocycles. The molecule has 6 heteroatoms. The first kappa shape index (κ1) is 14.1. The zero-order valence-electron chi connectivity index (χ0n) is 11.1. The lowest BCUT2D eigenvalue weighted by Gasteiger charge is -2.12. The highest BCUT2D eigenvalue weighted by Crippen LogP contribution is 2.27. The van der Waals surface area contributed by atoms with Crippen molar-refractivity contribution < 1.29 is 9.94 Å². The molecular weight excluding hydrogens is 278 g/mol. The Labute approximate surface area is 121 Å². The molecule has 2 rings (SSSR count). The molecule has 20 heavy (non-hydrogen) atoms. The number of pyridine rings is 1. The quantitative estimate of drug-likeness (QED) is 0.394. The van der Waals surface area contributed by atoms with Crippen LogP contribution in [-0.2, 0) is 0 Å². The summed E-state index contributed by atoms with van der Waals surface area (Å²) < 4.78 is 5.71. The zero-order valence-corrected chi connectivity index (χ0v) is 11.8. The molecule has 104 valence electrons. The third-order valence-electron chi connectivity index (χ3n) is 2.70. The van der Waals surface area contributed by atoms with Crippen LogP contribution in [0.15, 0.2) is 35.5 Å². The number of oxime groups is 1. The van der Waals surface area contributed by atoms with Crippen molar-refractivity contribution in [2.24, 2.45) is 10.9 Å². The molecule has 0 fully saturated rings. The lowest BCUT2D eigenvalue weighted by molar-refractivity contribution is 0.318. The molecule has 0 aliphatic rings. The predicted octanol–water partition coefficient (Wildman–Crippen LogP) is 3.24. The van der Waals surface area contributed by atoms with Crippen molar-refractivity contribution in [2.45, 2.75) is 13.8 Å². The van der Waals surface area contributed by atoms with E-state index in [1.807, 2.05) is 19.9 Å². The van der Waals surface area contributed by atoms with Gasteiger partial charge in [0.05, 0.1) is 5.56 Å². The van der Waals surface area contributed by atoms with Crippen LogP contribution in [0.2, 0.25) is 5.02 Å². The topological polar surface area (TPSA) is 80.7 Å². The molecule has 0 aliphatic heterocycles. The maximum Gasteiger partial charge on any atom is 0.230 e. The van der Waals surface area contributed by atoms with Gasteiger partial charge in [0.25, 0.3) is 0 Å². The lowest BCUT2D eigenvalue weighted by atomic mass is 10.1. The Kier molecular flexibility index (Phi) is 4.10. The third kappa shape index (κ3) is 3.00. The van der Waals surface area contributed by atoms with Gasteiger partial charge in [-0.05, 0) is 49.7 Å². The lowest BCUT2D eigenvalue weighted by Crippen LogP contribution is -2.17. The van der Waals surface area contributed by atoms with Gasteiger partial charge in [-0.15, -0.1) is 0 Å². The molecule has 2 aromatic rings. The third-order valence-corrected chi connectivity index (χ3v) is 2.96. The Morgan fingerprint density at radius 2 is 1.95 bits per heavy atom. The number of amidine groups is 1. The Morgan fingerprint density at radius 1 is 1.30 bits per heavy atom. The fourth-order valence-corrected chi connectivity index (χ4v) is 1.98. The molecule has 0 saturated heterocycles. The van der Waals surface area contributed by atoms with Gasteiger partial charge in [0, 0.05) is 10.7 Å². The van der Waals surface area contributed by atoms with Crippen molar-refractivity contribution in [3.05, 3.63) is 52.2 Å². The minimum atomic E-state index is -0.0426. The van der Waals surface area contributed by atoms with Gasteiger partial charge >= 0.3 is 0 Å². The number of aryl methyl sites for hydroxylation is 2. The Morgan fingerprint density at radius 3 is 2.55 bits per heavy atom. The summed E-state index contributed by atoms with van der Waals surface area (Å²) in [6.07, 6.45) is 0. The van der Waals surface area contributed by atoms with Crippen molar-refractivity contribution in [3.8, 4) is 11.6 Å². The fourth-order valence-electron chi connectivity index (χ4n) is 1.85. The molecule has 1 aromatic heterocycles. The van der Waals surface area contributed by atoms with E-state index in [1.165, 1.54) is 0 Å². The average Bonchev–Trinajstić information content (AvgIpc) is 2.40. The summed E-state index contributed by atoms with van der Waals surface area (Å²) >= 11 is 5.83. The highest BCUT2D eigenvalue weighted by molar-refractivity contribution is 6.30. The molecule has 0 amide bonds. The van der Waals surface area contributed by atoms with Gasteiger partial charge in [0.2, 0.25) is 5.88 Å². The Bertz CT molecular complexity index is 654. The van der Waals surface area contributed by atoms with Crippen molar-refractivity contribution in [3.63, 3.8) is 0 Å². The van der Waals surface area contributed by atoms with Crippen LogP contribution in [0, 0.1) is 13.8 Å². The van der Waals surface area contributed by atoms with Crippen LogP contribution in [0.4, 0.5) is 0 Å². The summed E-state index contributed by atoms with van der Waals surface area (Å²) in [6, 6.07) is 8.70. The second kappa shape index (κ2) is 5.79. The molecule has 3 N–H and O–H groups in total. The van der Waals surface area contributed by atoms with Crippen molar-refractivity contribution >= 4 is 17.4 Å². The standard InChI is InChI=1S/C14H14ClN3O2/c1-8-7-9(2)17-14(12(8)13(16)18-19)20-11-5-3-10(15)4-6-11/h3-7,19H,1-2H3,(H2,16,18). The van der Waals surface area contributed by atoms with E-state index in [9.17, 15) is 0 Å². The molecule has 1 heterocycles. The van der Waals surface area contributed by atoms with E-state index in [0.717, 1.165) is 11.3 Å². The van der Waals surface area contributed by atoms with E-state index in [-0.39, 0.29) is 5.84 Å². The maximum atomic E-state index is 8.87. The van der Waals surface area contributed by atoms with Crippen molar-refractivity contribution in [2.75, 3.05) is 0 Å². The van der Waals surface area contributed by atoms with Gasteiger partial charge in [-0.25, -0.2) is 4.98 Å². The van der Waals surface area contributed by atoms with E-state index < -0.39 is 0 Å². The molecule has 0 saturated carbocycles. The van der Waals surface area contributed by atoms with Crippen LogP contribution >= 0.6 is 11.6 Å². The largest absolute Gasteiger partial charge is 0.438 e. The number of halogens is 1. The van der Waals surface area contributed by atoms with Crippen LogP contribution in [0.5, 0.6) is 11.6 Å². The number of rotatable bonds is 3. The van der Waals surface area contributed by atoms with E-state index >= 15 is 0 Å². The molecule has 0 atom stereocenters. The molecule has 0 bridgehead atoms. The van der Waals surface area contributed by atoms with Gasteiger partial charge in [-0.3, -0.25) is 0 Å². The zero-order chi connectivity index (χ0) is 14.7. The van der Waals surface area contributed by atoms with Crippen LogP contribution < -0.4 is 10.5 Å². The highest BCUT2D eigenvalue weighted by Gasteiger charge is 2.15. The van der Waals surface area contributed by atoms with Crippen LogP contribution in [0.25, 0.3) is 0 Å². The van der Waals surface area contributed by atoms with Crippen LogP contribution in [-0.4, -0.2) is 16.0 Å². The normalized spacial score (nSPS) is 11.4. The summed E-state index contributed by atoms with van der Waals surface area (Å²) in [5.74, 6) is 0.818. The molecule has 0 radical (unpaired) electrons. The molecule has 0 spiro atoms. The number of hydrogen-bond acceptors (Lipinski definition) is 4. The SMILES string of the molecule is Cc1cc(C)c(C(N)=NO)c(Oc2ccc(Cl)cc2)n1. The van der Waals surface area contributed by atoms with E-state index in [0.29, 0.717) is 22.2 Å². The number of ether oxygens (including phenoxy) is 1. The van der Waals surface area contributed by atoms with E-state index in [4.69, 9.17) is 27.3 Å². The number of hydrogen-bond donors (Lipinski definition) is 2. The Balaban J connectivity index is 2.47. The number of nitrogens with two attached hydrogens (primary N) is 1. The Hall–Kier alpha value is -2.27. The van der Waals surface area contributed by atoms with E-state index in [2.05, 4.69) is 10.1 Å². The monoisotopic (exact) mass is 291 g/mol. The minimum absolute atomic E-state index is 0.0426. The summed E-state index contributed by atoms with van der Waals surface area (Å²) in [5, 5.41) is 12.5. The average molecular weight is 292 g/mol. The minimum Gasteiger partial charge on any atom is -0.438 e. The van der Waals surface area contributed by atoms with Gasteiger partial charge in [-0.2, -0.15) is 0 Å². The molecular formula is C14H14ClN3O2. The van der Waals surface area contributed by atoms with Crippen molar-refractivity contribution in [1.29, 1.82) is 0 Å². The number of aromatic nitrogens is 1. The second-order valence-corrected chi connectivity index (χ2v) is 4.74. The van der Waals surface area contributed by atoms with Crippen LogP contribution in [0.3, 0.4) is 0 Å². The summed E-state index contributed by atoms with van der Waals surface area (Å²) in [6.45, 7) is 3.69. The summed E-state index contributed by atoms with van der Waals surface area (Å²) in [7, 11) is 0. The first-order valence-corrected chi connectivity index (χ1v) is 6.28. The number of nitrogens with zero attached hydrogens (tertiary/aromatic N) is 2. The predicted molar refractivity (Wildman–Crippen MR) is 77.7 cm³/mol.